The number of benzene rings is 1. The zero-order chi connectivity index (χ0) is 16.7. The first-order chi connectivity index (χ1) is 11.7. The Morgan fingerprint density at radius 3 is 3.04 bits per heavy atom. The van der Waals surface area contributed by atoms with Crippen LogP contribution >= 0.6 is 0 Å². The Hall–Kier alpha value is -2.54. The summed E-state index contributed by atoms with van der Waals surface area (Å²) >= 11 is 0.489. The number of pyridine rings is 1. The Labute approximate surface area is 141 Å². The van der Waals surface area contributed by atoms with E-state index in [9.17, 15) is 8.60 Å². The van der Waals surface area contributed by atoms with Gasteiger partial charge in [0.1, 0.15) is 17.4 Å². The van der Waals surface area contributed by atoms with Gasteiger partial charge in [-0.05, 0) is 37.1 Å². The number of nitrogens with zero attached hydrogens (tertiary/aromatic N) is 2. The number of rotatable bonds is 2. The Morgan fingerprint density at radius 2 is 2.25 bits per heavy atom. The van der Waals surface area contributed by atoms with E-state index in [2.05, 4.69) is 15.0 Å². The molecule has 0 fully saturated rings. The van der Waals surface area contributed by atoms with Crippen LogP contribution in [0.4, 0.5) is 4.39 Å². The van der Waals surface area contributed by atoms with E-state index in [1.807, 2.05) is 0 Å². The lowest BCUT2D eigenvalue weighted by Gasteiger charge is -2.24. The van der Waals surface area contributed by atoms with Crippen LogP contribution in [0.1, 0.15) is 35.8 Å². The summed E-state index contributed by atoms with van der Waals surface area (Å²) in [6, 6.07) is 6.23. The Balaban J connectivity index is 1.89. The van der Waals surface area contributed by atoms with Crippen LogP contribution in [0.25, 0.3) is 11.0 Å². The molecule has 4 rings (SSSR count). The van der Waals surface area contributed by atoms with Crippen molar-refractivity contribution in [1.82, 2.24) is 15.0 Å². The topological polar surface area (TPSA) is 67.9 Å². The van der Waals surface area contributed by atoms with E-state index in [4.69, 9.17) is 4.74 Å². The molecule has 0 aliphatic heterocycles. The van der Waals surface area contributed by atoms with Crippen LogP contribution in [0, 0.1) is 5.82 Å². The third-order valence-electron chi connectivity index (χ3n) is 4.32. The maximum absolute atomic E-state index is 13.4. The molecule has 1 N–H and O–H groups in total. The molecule has 122 valence electrons. The van der Waals surface area contributed by atoms with Gasteiger partial charge in [0.15, 0.2) is 0 Å². The summed E-state index contributed by atoms with van der Waals surface area (Å²) in [4.78, 5) is 13.0. The van der Waals surface area contributed by atoms with E-state index in [-0.39, 0.29) is 11.7 Å². The number of aromatic amines is 1. The first kappa shape index (κ1) is 15.0. The number of hydrogen-bond donors (Lipinski definition) is 1. The third-order valence-corrected chi connectivity index (χ3v) is 4.93. The molecule has 1 unspecified atom stereocenters. The van der Waals surface area contributed by atoms with Gasteiger partial charge in [-0.3, -0.25) is 4.98 Å². The van der Waals surface area contributed by atoms with Crippen molar-refractivity contribution in [3.05, 3.63) is 53.4 Å². The minimum Gasteiger partial charge on any atom is -0.496 e. The first-order valence-electron chi connectivity index (χ1n) is 7.55. The highest BCUT2D eigenvalue weighted by Crippen LogP contribution is 2.38. The van der Waals surface area contributed by atoms with Gasteiger partial charge in [-0.25, -0.2) is 13.6 Å². The van der Waals surface area contributed by atoms with Gasteiger partial charge in [0.2, 0.25) is 0 Å². The van der Waals surface area contributed by atoms with Crippen LogP contribution in [-0.2, 0) is 11.3 Å². The van der Waals surface area contributed by atoms with E-state index in [0.29, 0.717) is 34.5 Å². The fourth-order valence-corrected chi connectivity index (χ4v) is 3.72. The Morgan fingerprint density at radius 1 is 1.38 bits per heavy atom. The highest BCUT2D eigenvalue weighted by atomic mass is 32.1. The molecule has 0 radical (unpaired) electrons. The van der Waals surface area contributed by atoms with Crippen molar-refractivity contribution in [2.45, 2.75) is 18.8 Å². The summed E-state index contributed by atoms with van der Waals surface area (Å²) < 4.78 is 30.3. The predicted octanol–water partition coefficient (Wildman–Crippen LogP) is 2.76. The summed E-state index contributed by atoms with van der Waals surface area (Å²) in [5.41, 5.74) is 2.91. The first-order valence-corrected chi connectivity index (χ1v) is 8.29. The van der Waals surface area contributed by atoms with Crippen molar-refractivity contribution < 1.29 is 13.3 Å². The summed E-state index contributed by atoms with van der Waals surface area (Å²) in [5.74, 6) is 0.985. The number of hydrogen-bond acceptors (Lipinski definition) is 4. The maximum atomic E-state index is 13.4. The highest BCUT2D eigenvalue weighted by molar-refractivity contribution is 7.67. The summed E-state index contributed by atoms with van der Waals surface area (Å²) in [6.07, 6.45) is 3.03. The molecule has 0 saturated carbocycles. The number of halogens is 1. The fourth-order valence-electron chi connectivity index (χ4n) is 3.23. The molecule has 0 spiro atoms. The van der Waals surface area contributed by atoms with E-state index >= 15 is 0 Å². The van der Waals surface area contributed by atoms with Crippen molar-refractivity contribution in [2.75, 3.05) is 7.11 Å². The van der Waals surface area contributed by atoms with Crippen molar-refractivity contribution in [1.29, 1.82) is 0 Å². The monoisotopic (exact) mass is 343 g/mol. The van der Waals surface area contributed by atoms with Gasteiger partial charge in [0.25, 0.3) is 0 Å². The molecule has 1 atom stereocenters. The quantitative estimate of drug-likeness (QED) is 0.727. The maximum Gasteiger partial charge on any atom is 0.130 e. The second-order valence-electron chi connectivity index (χ2n) is 5.65. The van der Waals surface area contributed by atoms with E-state index < -0.39 is 0 Å². The van der Waals surface area contributed by atoms with Gasteiger partial charge in [-0.1, -0.05) is 0 Å². The Kier molecular flexibility index (Phi) is 3.65. The highest BCUT2D eigenvalue weighted by Gasteiger charge is 2.31. The average molecular weight is 343 g/mol. The molecular weight excluding hydrogens is 329 g/mol. The van der Waals surface area contributed by atoms with Gasteiger partial charge in [-0.2, -0.15) is 0 Å². The van der Waals surface area contributed by atoms with Crippen LogP contribution in [-0.4, -0.2) is 31.1 Å². The van der Waals surface area contributed by atoms with Crippen LogP contribution in [0.15, 0.2) is 30.5 Å². The van der Waals surface area contributed by atoms with Crippen LogP contribution < -0.4 is 4.74 Å². The SMILES string of the molecule is COc1ccnc2c1C(=S=O)CCC2c1nc2ccc(F)cc2[nH]1. The van der Waals surface area contributed by atoms with Gasteiger partial charge in [-0.15, -0.1) is 0 Å². The predicted molar refractivity (Wildman–Crippen MR) is 90.2 cm³/mol. The second kappa shape index (κ2) is 5.83. The Bertz CT molecular complexity index is 995. The molecule has 3 aromatic rings. The van der Waals surface area contributed by atoms with Crippen molar-refractivity contribution >= 4 is 27.2 Å². The smallest absolute Gasteiger partial charge is 0.130 e. The minimum absolute atomic E-state index is 0.0820. The largest absolute Gasteiger partial charge is 0.496 e. The lowest BCUT2D eigenvalue weighted by molar-refractivity contribution is 0.411. The van der Waals surface area contributed by atoms with Crippen LogP contribution in [0.3, 0.4) is 0 Å². The normalized spacial score (nSPS) is 16.9. The number of imidazole rings is 1. The average Bonchev–Trinajstić information content (AvgIpc) is 3.02. The molecule has 24 heavy (non-hydrogen) atoms. The fraction of sp³-hybridized carbons (Fsp3) is 0.235. The minimum atomic E-state index is -0.306. The molecule has 1 aliphatic rings. The van der Waals surface area contributed by atoms with E-state index in [1.54, 1.807) is 25.4 Å². The van der Waals surface area contributed by atoms with Gasteiger partial charge < -0.3 is 9.72 Å². The summed E-state index contributed by atoms with van der Waals surface area (Å²) in [7, 11) is 1.58. The van der Waals surface area contributed by atoms with Crippen LogP contribution in [0.2, 0.25) is 0 Å². The third kappa shape index (κ3) is 2.32. The van der Waals surface area contributed by atoms with Crippen LogP contribution in [0.5, 0.6) is 5.75 Å². The molecule has 7 heteroatoms. The van der Waals surface area contributed by atoms with Crippen molar-refractivity contribution in [3.63, 3.8) is 0 Å². The van der Waals surface area contributed by atoms with Gasteiger partial charge >= 0.3 is 0 Å². The lowest BCUT2D eigenvalue weighted by atomic mass is 9.85. The number of aromatic nitrogens is 3. The molecule has 0 saturated heterocycles. The molecule has 0 amide bonds. The summed E-state index contributed by atoms with van der Waals surface area (Å²) in [5, 5.41) is 0. The molecule has 2 heterocycles. The molecule has 0 bridgehead atoms. The van der Waals surface area contributed by atoms with Gasteiger partial charge in [0.05, 0.1) is 51.4 Å². The number of methoxy groups -OCH3 is 1. The van der Waals surface area contributed by atoms with Crippen molar-refractivity contribution in [2.24, 2.45) is 0 Å². The van der Waals surface area contributed by atoms with Crippen molar-refractivity contribution in [3.8, 4) is 5.75 Å². The number of ether oxygens (including phenoxy) is 1. The summed E-state index contributed by atoms with van der Waals surface area (Å²) in [6.45, 7) is 0. The lowest BCUT2D eigenvalue weighted by Crippen LogP contribution is -2.20. The zero-order valence-electron chi connectivity index (χ0n) is 12.9. The van der Waals surface area contributed by atoms with E-state index in [1.165, 1.54) is 12.1 Å². The van der Waals surface area contributed by atoms with Gasteiger partial charge in [0, 0.05) is 6.20 Å². The second-order valence-corrected chi connectivity index (χ2v) is 6.31. The molecule has 1 aromatic carbocycles. The molecule has 2 aromatic heterocycles. The molecule has 1 aliphatic carbocycles. The number of H-pyrrole nitrogens is 1. The zero-order valence-corrected chi connectivity index (χ0v) is 13.7. The number of nitrogens with one attached hydrogen (secondary N) is 1. The standard InChI is InChI=1S/C17H14FN3O2S/c1-23-13-6-7-19-16-10(3-5-14(24-22)15(13)16)17-20-11-4-2-9(18)8-12(11)21-17/h2,4,6-8,10H,3,5H2,1H3,(H,20,21). The molecular formula is C17H14FN3O2S. The number of fused-ring (bicyclic) bond motifs is 2. The molecule has 5 nitrogen and oxygen atoms in total. The van der Waals surface area contributed by atoms with E-state index in [0.717, 1.165) is 28.4 Å².